The minimum atomic E-state index is -2.58. The molecule has 2 unspecified atom stereocenters. The number of alkyl halides is 2. The van der Waals surface area contributed by atoms with E-state index in [-0.39, 0.29) is 5.56 Å². The molecule has 0 fully saturated rings. The molecule has 1 aliphatic heterocycles. The first kappa shape index (κ1) is 33.3. The number of halogens is 4. The van der Waals surface area contributed by atoms with Crippen molar-refractivity contribution in [3.05, 3.63) is 130 Å². The van der Waals surface area contributed by atoms with Crippen molar-refractivity contribution >= 4 is 63.3 Å². The molecule has 3 aromatic rings. The molecule has 1 N–H and O–H groups in total. The Morgan fingerprint density at radius 2 is 1.85 bits per heavy atom. The van der Waals surface area contributed by atoms with Crippen molar-refractivity contribution < 1.29 is 22.9 Å². The number of hydrogen-bond acceptors (Lipinski definition) is 4. The maximum Gasteiger partial charge on any atom is 0.310 e. The Hall–Kier alpha value is -4.05. The normalized spacial score (nSPS) is 17.4. The summed E-state index contributed by atoms with van der Waals surface area (Å²) >= 11 is 12.7. The van der Waals surface area contributed by atoms with Crippen molar-refractivity contribution in [1.29, 1.82) is 0 Å². The van der Waals surface area contributed by atoms with E-state index >= 15 is 0 Å². The standard InChI is InChI=1S/C35H31Cl2F2N3O3S/c1-41(46(45)30-16-10-25(11-17-30)34(38)39)29-14-7-23(8-15-29)6-13-28-21-42(20-24-3-2-4-26(9-5-24)35(43)44)22-33(40-28)31-18-12-27(36)19-32(31)37/h3,5-19,22,26,34H,2,4,20-21H2,1H3,(H,43,44)/b13-6+. The average Bonchev–Trinajstić information content (AvgIpc) is 3.29. The lowest BCUT2D eigenvalue weighted by Crippen LogP contribution is -2.29. The molecule has 1 aliphatic carbocycles. The van der Waals surface area contributed by atoms with Gasteiger partial charge in [0.25, 0.3) is 6.43 Å². The lowest BCUT2D eigenvalue weighted by atomic mass is 10.1. The molecule has 0 saturated heterocycles. The van der Waals surface area contributed by atoms with Gasteiger partial charge in [-0.2, -0.15) is 0 Å². The minimum absolute atomic E-state index is 0.114. The van der Waals surface area contributed by atoms with Gasteiger partial charge in [0.05, 0.1) is 33.8 Å². The van der Waals surface area contributed by atoms with Gasteiger partial charge >= 0.3 is 5.97 Å². The Morgan fingerprint density at radius 1 is 1.11 bits per heavy atom. The summed E-state index contributed by atoms with van der Waals surface area (Å²) in [7, 11) is 0.113. The van der Waals surface area contributed by atoms with Crippen LogP contribution in [0.25, 0.3) is 11.8 Å². The van der Waals surface area contributed by atoms with Crippen LogP contribution in [0, 0.1) is 5.92 Å². The van der Waals surface area contributed by atoms with Crippen molar-refractivity contribution in [1.82, 2.24) is 4.90 Å². The third-order valence-electron chi connectivity index (χ3n) is 7.58. The Balaban J connectivity index is 1.33. The van der Waals surface area contributed by atoms with Crippen LogP contribution >= 0.6 is 23.2 Å². The molecular weight excluding hydrogens is 651 g/mol. The fourth-order valence-electron chi connectivity index (χ4n) is 5.05. The van der Waals surface area contributed by atoms with E-state index in [4.69, 9.17) is 28.2 Å². The number of anilines is 1. The number of allylic oxidation sites excluding steroid dienone is 1. The molecule has 6 nitrogen and oxygen atoms in total. The Labute approximate surface area is 279 Å². The quantitative estimate of drug-likeness (QED) is 0.232. The van der Waals surface area contributed by atoms with Crippen molar-refractivity contribution in [3.63, 3.8) is 0 Å². The zero-order chi connectivity index (χ0) is 32.8. The van der Waals surface area contributed by atoms with Crippen LogP contribution in [-0.4, -0.2) is 46.0 Å². The molecule has 0 radical (unpaired) electrons. The van der Waals surface area contributed by atoms with E-state index in [0.717, 1.165) is 22.4 Å². The van der Waals surface area contributed by atoms with Crippen LogP contribution in [0.4, 0.5) is 14.5 Å². The third kappa shape index (κ3) is 8.40. The van der Waals surface area contributed by atoms with E-state index in [0.29, 0.717) is 52.3 Å². The second kappa shape index (κ2) is 15.0. The van der Waals surface area contributed by atoms with E-state index < -0.39 is 29.3 Å². The first-order chi connectivity index (χ1) is 22.1. The maximum absolute atomic E-state index is 13.0. The van der Waals surface area contributed by atoms with Crippen LogP contribution < -0.4 is 4.31 Å². The summed E-state index contributed by atoms with van der Waals surface area (Å²) in [5.74, 6) is -1.32. The summed E-state index contributed by atoms with van der Waals surface area (Å²) in [6.45, 7) is 1.08. The van der Waals surface area contributed by atoms with Crippen LogP contribution in [0.3, 0.4) is 0 Å². The van der Waals surface area contributed by atoms with E-state index in [2.05, 4.69) is 11.0 Å². The molecule has 1 heterocycles. The number of carbonyl (C=O) groups is 1. The van der Waals surface area contributed by atoms with Crippen LogP contribution in [0.15, 0.2) is 113 Å². The molecule has 0 bridgehead atoms. The van der Waals surface area contributed by atoms with Gasteiger partial charge in [-0.1, -0.05) is 71.8 Å². The van der Waals surface area contributed by atoms with Gasteiger partial charge in [-0.05, 0) is 72.5 Å². The van der Waals surface area contributed by atoms with E-state index in [1.165, 1.54) is 24.3 Å². The van der Waals surface area contributed by atoms with Gasteiger partial charge in [-0.3, -0.25) is 9.10 Å². The fraction of sp³-hybridized carbons (Fsp3) is 0.200. The van der Waals surface area contributed by atoms with Gasteiger partial charge in [0, 0.05) is 41.6 Å². The summed E-state index contributed by atoms with van der Waals surface area (Å²) < 4.78 is 40.4. The number of rotatable bonds is 10. The second-order valence-electron chi connectivity index (χ2n) is 10.8. The molecule has 0 amide bonds. The van der Waals surface area contributed by atoms with Gasteiger partial charge in [-0.25, -0.2) is 18.0 Å². The smallest absolute Gasteiger partial charge is 0.310 e. The van der Waals surface area contributed by atoms with Crippen LogP contribution in [0.1, 0.15) is 36.0 Å². The first-order valence-corrected chi connectivity index (χ1v) is 16.3. The molecule has 0 saturated carbocycles. The number of hydrogen-bond donors (Lipinski definition) is 1. The zero-order valence-corrected chi connectivity index (χ0v) is 27.2. The predicted molar refractivity (Wildman–Crippen MR) is 183 cm³/mol. The van der Waals surface area contributed by atoms with Crippen molar-refractivity contribution in [2.75, 3.05) is 24.4 Å². The third-order valence-corrected chi connectivity index (χ3v) is 9.51. The van der Waals surface area contributed by atoms with Gasteiger partial charge < -0.3 is 10.0 Å². The Morgan fingerprint density at radius 3 is 2.52 bits per heavy atom. The summed E-state index contributed by atoms with van der Waals surface area (Å²) in [6.07, 6.45) is 10.2. The SMILES string of the molecule is CN(c1ccc(/C=C/C2=NC(c3ccc(Cl)cc3Cl)=CN(CC3=CCCC(C(=O)O)C=C3)C2)cc1)S(=O)c1ccc(C(F)F)cc1. The van der Waals surface area contributed by atoms with Gasteiger partial charge in [-0.15, -0.1) is 0 Å². The first-order valence-electron chi connectivity index (χ1n) is 14.5. The lowest BCUT2D eigenvalue weighted by molar-refractivity contribution is -0.140. The summed E-state index contributed by atoms with van der Waals surface area (Å²) in [6, 6.07) is 18.2. The molecule has 5 rings (SSSR count). The maximum atomic E-state index is 13.0. The molecule has 238 valence electrons. The van der Waals surface area contributed by atoms with Gasteiger partial charge in [0.1, 0.15) is 0 Å². The molecule has 2 aliphatic rings. The number of carboxylic acid groups (broad SMARTS) is 1. The second-order valence-corrected chi connectivity index (χ2v) is 13.2. The number of aliphatic carboxylic acids is 1. The monoisotopic (exact) mass is 681 g/mol. The Kier molecular flexibility index (Phi) is 10.9. The fourth-order valence-corrected chi connectivity index (χ4v) is 6.55. The van der Waals surface area contributed by atoms with Gasteiger partial charge in [0.2, 0.25) is 0 Å². The highest BCUT2D eigenvalue weighted by Gasteiger charge is 2.19. The number of carboxylic acids is 1. The van der Waals surface area contributed by atoms with Crippen molar-refractivity contribution in [2.45, 2.75) is 24.2 Å². The molecule has 46 heavy (non-hydrogen) atoms. The summed E-state index contributed by atoms with van der Waals surface area (Å²) in [5.41, 5.74) is 4.71. The highest BCUT2D eigenvalue weighted by atomic mass is 35.5. The zero-order valence-electron chi connectivity index (χ0n) is 24.8. The Bertz CT molecular complexity index is 1770. The van der Waals surface area contributed by atoms with Crippen molar-refractivity contribution in [3.8, 4) is 0 Å². The van der Waals surface area contributed by atoms with Gasteiger partial charge in [0.15, 0.2) is 11.0 Å². The number of nitrogens with zero attached hydrogens (tertiary/aromatic N) is 3. The van der Waals surface area contributed by atoms with E-state index in [1.807, 2.05) is 54.8 Å². The summed E-state index contributed by atoms with van der Waals surface area (Å²) in [4.78, 5) is 18.9. The average molecular weight is 683 g/mol. The lowest BCUT2D eigenvalue weighted by Gasteiger charge is -2.26. The molecule has 0 spiro atoms. The molecule has 3 aromatic carbocycles. The van der Waals surface area contributed by atoms with E-state index in [1.54, 1.807) is 29.6 Å². The summed E-state index contributed by atoms with van der Waals surface area (Å²) in [5, 5.41) is 10.4. The highest BCUT2D eigenvalue weighted by molar-refractivity contribution is 7.86. The molecular formula is C35H31Cl2F2N3O3S. The highest BCUT2D eigenvalue weighted by Crippen LogP contribution is 2.31. The van der Waals surface area contributed by atoms with E-state index in [9.17, 15) is 22.9 Å². The van der Waals surface area contributed by atoms with Crippen LogP contribution in [0.5, 0.6) is 0 Å². The van der Waals surface area contributed by atoms with Crippen LogP contribution in [-0.2, 0) is 15.8 Å². The minimum Gasteiger partial charge on any atom is -0.481 e. The molecule has 0 aromatic heterocycles. The largest absolute Gasteiger partial charge is 0.481 e. The topological polar surface area (TPSA) is 73.2 Å². The number of aliphatic imine (C=N–C) groups is 1. The van der Waals surface area contributed by atoms with Crippen LogP contribution in [0.2, 0.25) is 10.0 Å². The molecule has 2 atom stereocenters. The van der Waals surface area contributed by atoms with Crippen molar-refractivity contribution in [2.24, 2.45) is 10.9 Å². The molecule has 11 heteroatoms. The number of benzene rings is 3. The predicted octanol–water partition coefficient (Wildman–Crippen LogP) is 8.84.